The number of guanidine groups is 1. The summed E-state index contributed by atoms with van der Waals surface area (Å²) in [6, 6.07) is 9.03. The fourth-order valence-corrected chi connectivity index (χ4v) is 4.79. The molecule has 1 aromatic carbocycles. The quantitative estimate of drug-likeness (QED) is 0.305. The number of nitrogens with one attached hydrogen (secondary N) is 2. The number of likely N-dealkylation sites (tertiary alicyclic amines) is 1. The zero-order valence-corrected chi connectivity index (χ0v) is 22.4. The van der Waals surface area contributed by atoms with Crippen molar-refractivity contribution in [1.29, 1.82) is 0 Å². The Hall–Kier alpha value is -1.72. The van der Waals surface area contributed by atoms with E-state index in [1.165, 1.54) is 37.1 Å². The third-order valence-corrected chi connectivity index (χ3v) is 6.44. The number of rotatable bonds is 7. The molecule has 1 saturated heterocycles. The third kappa shape index (κ3) is 7.13. The molecule has 33 heavy (non-hydrogen) atoms. The molecule has 8 nitrogen and oxygen atoms in total. The Morgan fingerprint density at radius 2 is 2.03 bits per heavy atom. The van der Waals surface area contributed by atoms with Gasteiger partial charge in [0.15, 0.2) is 11.8 Å². The SMILES string of the molecule is CN=C(NCc1ccccc1CN1CCCC(C)C1)NC1CCc2nc(COC)nn2C1.I. The Bertz CT molecular complexity index is 916. The molecule has 1 fully saturated rings. The first kappa shape index (κ1) is 25.9. The molecule has 2 unspecified atom stereocenters. The van der Waals surface area contributed by atoms with E-state index < -0.39 is 0 Å². The van der Waals surface area contributed by atoms with Crippen LogP contribution in [-0.2, 0) is 37.4 Å². The molecule has 3 heterocycles. The van der Waals surface area contributed by atoms with E-state index in [2.05, 4.69) is 61.8 Å². The van der Waals surface area contributed by atoms with Crippen molar-refractivity contribution in [3.63, 3.8) is 0 Å². The molecule has 2 aliphatic heterocycles. The van der Waals surface area contributed by atoms with Crippen LogP contribution in [0, 0.1) is 5.92 Å². The minimum absolute atomic E-state index is 0. The highest BCUT2D eigenvalue weighted by molar-refractivity contribution is 14.0. The van der Waals surface area contributed by atoms with Crippen LogP contribution in [0.3, 0.4) is 0 Å². The molecule has 2 aliphatic rings. The molecular formula is C24H38IN7O. The lowest BCUT2D eigenvalue weighted by atomic mass is 9.99. The highest BCUT2D eigenvalue weighted by Gasteiger charge is 2.22. The van der Waals surface area contributed by atoms with E-state index in [-0.39, 0.29) is 30.0 Å². The molecule has 0 radical (unpaired) electrons. The van der Waals surface area contributed by atoms with Gasteiger partial charge in [0.1, 0.15) is 12.4 Å². The van der Waals surface area contributed by atoms with Crippen LogP contribution in [0.15, 0.2) is 29.3 Å². The number of hydrogen-bond donors (Lipinski definition) is 2. The fraction of sp³-hybridized carbons (Fsp3) is 0.625. The maximum atomic E-state index is 5.17. The van der Waals surface area contributed by atoms with Crippen molar-refractivity contribution in [2.45, 2.75) is 64.9 Å². The summed E-state index contributed by atoms with van der Waals surface area (Å²) in [6.07, 6.45) is 4.57. The molecule has 0 saturated carbocycles. The zero-order chi connectivity index (χ0) is 22.3. The summed E-state index contributed by atoms with van der Waals surface area (Å²) in [5, 5.41) is 11.7. The second-order valence-corrected chi connectivity index (χ2v) is 9.12. The fourth-order valence-electron chi connectivity index (χ4n) is 4.79. The second kappa shape index (κ2) is 12.7. The van der Waals surface area contributed by atoms with E-state index in [1.54, 1.807) is 7.11 Å². The molecule has 9 heteroatoms. The van der Waals surface area contributed by atoms with E-state index in [1.807, 2.05) is 11.7 Å². The number of fused-ring (bicyclic) bond motifs is 1. The first-order valence-corrected chi connectivity index (χ1v) is 11.8. The van der Waals surface area contributed by atoms with Crippen LogP contribution < -0.4 is 10.6 Å². The van der Waals surface area contributed by atoms with Crippen LogP contribution in [0.25, 0.3) is 0 Å². The number of halogens is 1. The molecular weight excluding hydrogens is 529 g/mol. The molecule has 2 aromatic rings. The Morgan fingerprint density at radius 3 is 2.79 bits per heavy atom. The number of ether oxygens (including phenoxy) is 1. The average molecular weight is 568 g/mol. The number of benzene rings is 1. The Balaban J connectivity index is 0.00000306. The molecule has 2 N–H and O–H groups in total. The summed E-state index contributed by atoms with van der Waals surface area (Å²) in [5.41, 5.74) is 2.74. The number of methoxy groups -OCH3 is 1. The lowest BCUT2D eigenvalue weighted by molar-refractivity contribution is 0.176. The van der Waals surface area contributed by atoms with E-state index in [4.69, 9.17) is 4.74 Å². The predicted octanol–water partition coefficient (Wildman–Crippen LogP) is 2.95. The molecule has 2 atom stereocenters. The van der Waals surface area contributed by atoms with Crippen molar-refractivity contribution in [3.05, 3.63) is 47.0 Å². The molecule has 182 valence electrons. The Labute approximate surface area is 214 Å². The van der Waals surface area contributed by atoms with Gasteiger partial charge in [-0.25, -0.2) is 9.67 Å². The first-order valence-electron chi connectivity index (χ1n) is 11.8. The summed E-state index contributed by atoms with van der Waals surface area (Å²) in [5.74, 6) is 3.42. The average Bonchev–Trinajstić information content (AvgIpc) is 3.19. The summed E-state index contributed by atoms with van der Waals surface area (Å²) in [6.45, 7) is 7.79. The largest absolute Gasteiger partial charge is 0.377 e. The van der Waals surface area contributed by atoms with E-state index in [9.17, 15) is 0 Å². The lowest BCUT2D eigenvalue weighted by Gasteiger charge is -2.31. The van der Waals surface area contributed by atoms with Crippen molar-refractivity contribution in [3.8, 4) is 0 Å². The smallest absolute Gasteiger partial charge is 0.191 e. The molecule has 1 aromatic heterocycles. The summed E-state index contributed by atoms with van der Waals surface area (Å²) in [7, 11) is 3.50. The monoisotopic (exact) mass is 567 g/mol. The van der Waals surface area contributed by atoms with Crippen molar-refractivity contribution >= 4 is 29.9 Å². The molecule has 0 aliphatic carbocycles. The summed E-state index contributed by atoms with van der Waals surface area (Å²) >= 11 is 0. The van der Waals surface area contributed by atoms with Crippen molar-refractivity contribution < 1.29 is 4.74 Å². The van der Waals surface area contributed by atoms with Crippen molar-refractivity contribution in [1.82, 2.24) is 30.3 Å². The number of piperidine rings is 1. The minimum atomic E-state index is 0. The zero-order valence-electron chi connectivity index (χ0n) is 20.1. The van der Waals surface area contributed by atoms with Crippen LogP contribution in [0.2, 0.25) is 0 Å². The van der Waals surface area contributed by atoms with Gasteiger partial charge < -0.3 is 15.4 Å². The molecule has 4 rings (SSSR count). The maximum absolute atomic E-state index is 5.17. The Morgan fingerprint density at radius 1 is 1.21 bits per heavy atom. The predicted molar refractivity (Wildman–Crippen MR) is 142 cm³/mol. The van der Waals surface area contributed by atoms with Gasteiger partial charge in [-0.1, -0.05) is 31.2 Å². The second-order valence-electron chi connectivity index (χ2n) is 9.12. The highest BCUT2D eigenvalue weighted by Crippen LogP contribution is 2.19. The van der Waals surface area contributed by atoms with Gasteiger partial charge in [-0.05, 0) is 42.9 Å². The summed E-state index contributed by atoms with van der Waals surface area (Å²) in [4.78, 5) is 11.6. The number of aryl methyl sites for hydroxylation is 1. The highest BCUT2D eigenvalue weighted by atomic mass is 127. The van der Waals surface area contributed by atoms with Gasteiger partial charge in [0.2, 0.25) is 0 Å². The number of aromatic nitrogens is 3. The van der Waals surface area contributed by atoms with Gasteiger partial charge in [0.05, 0.1) is 6.54 Å². The number of aliphatic imine (C=N–C) groups is 1. The topological polar surface area (TPSA) is 79.6 Å². The first-order chi connectivity index (χ1) is 15.6. The van der Waals surface area contributed by atoms with Gasteiger partial charge in [-0.2, -0.15) is 5.10 Å². The van der Waals surface area contributed by atoms with E-state index in [0.29, 0.717) is 6.61 Å². The Kier molecular flexibility index (Phi) is 9.94. The van der Waals surface area contributed by atoms with E-state index in [0.717, 1.165) is 56.0 Å². The van der Waals surface area contributed by atoms with Crippen LogP contribution >= 0.6 is 24.0 Å². The van der Waals surface area contributed by atoms with Gasteiger partial charge in [-0.3, -0.25) is 9.89 Å². The van der Waals surface area contributed by atoms with Gasteiger partial charge in [-0.15, -0.1) is 24.0 Å². The molecule has 0 bridgehead atoms. The van der Waals surface area contributed by atoms with Crippen LogP contribution in [0.1, 0.15) is 49.0 Å². The normalized spacial score (nSPS) is 21.2. The number of hydrogen-bond acceptors (Lipinski definition) is 5. The number of nitrogens with zero attached hydrogens (tertiary/aromatic N) is 5. The summed E-state index contributed by atoms with van der Waals surface area (Å²) < 4.78 is 7.16. The van der Waals surface area contributed by atoms with Crippen LogP contribution in [-0.4, -0.2) is 58.9 Å². The standard InChI is InChI=1S/C24H37N7O.HI/c1-18-7-6-12-30(14-18)15-20-9-5-4-8-19(20)13-26-24(25-2)27-21-10-11-23-28-22(17-32-3)29-31(23)16-21;/h4-5,8-9,18,21H,6-7,10-17H2,1-3H3,(H2,25,26,27);1H. The van der Waals surface area contributed by atoms with Crippen molar-refractivity contribution in [2.75, 3.05) is 27.2 Å². The molecule has 0 spiro atoms. The minimum Gasteiger partial charge on any atom is -0.377 e. The van der Waals surface area contributed by atoms with E-state index >= 15 is 0 Å². The van der Waals surface area contributed by atoms with Crippen molar-refractivity contribution in [2.24, 2.45) is 10.9 Å². The van der Waals surface area contributed by atoms with Crippen LogP contribution in [0.5, 0.6) is 0 Å². The van der Waals surface area contributed by atoms with Gasteiger partial charge >= 0.3 is 0 Å². The third-order valence-electron chi connectivity index (χ3n) is 6.44. The van der Waals surface area contributed by atoms with Gasteiger partial charge in [0.25, 0.3) is 0 Å². The lowest BCUT2D eigenvalue weighted by Crippen LogP contribution is -2.47. The maximum Gasteiger partial charge on any atom is 0.191 e. The van der Waals surface area contributed by atoms with Crippen LogP contribution in [0.4, 0.5) is 0 Å². The van der Waals surface area contributed by atoms with Gasteiger partial charge in [0, 0.05) is 46.3 Å². The molecule has 0 amide bonds.